The number of carboxylic acids is 1. The molecule has 2 amide bonds. The number of nitrogens with zero attached hydrogens (tertiary/aromatic N) is 1. The van der Waals surface area contributed by atoms with Gasteiger partial charge in [-0.15, -0.1) is 11.3 Å². The Balaban J connectivity index is 2.46. The number of methoxy groups -OCH3 is 1. The summed E-state index contributed by atoms with van der Waals surface area (Å²) in [6, 6.07) is -0.663. The highest BCUT2D eigenvalue weighted by Crippen LogP contribution is 2.17. The summed E-state index contributed by atoms with van der Waals surface area (Å²) in [4.78, 5) is 26.4. The second-order valence-corrected chi connectivity index (χ2v) is 5.29. The van der Waals surface area contributed by atoms with Gasteiger partial charge in [-0.2, -0.15) is 0 Å². The maximum absolute atomic E-state index is 11.7. The van der Waals surface area contributed by atoms with Crippen molar-refractivity contribution in [3.05, 3.63) is 16.1 Å². The van der Waals surface area contributed by atoms with Gasteiger partial charge in [0, 0.05) is 25.1 Å². The summed E-state index contributed by atoms with van der Waals surface area (Å²) in [6.07, 6.45) is 0.721. The van der Waals surface area contributed by atoms with Crippen LogP contribution in [0.3, 0.4) is 0 Å². The van der Waals surface area contributed by atoms with Crippen LogP contribution in [0.1, 0.15) is 41.8 Å². The van der Waals surface area contributed by atoms with Crippen molar-refractivity contribution in [2.75, 3.05) is 13.7 Å². The van der Waals surface area contributed by atoms with Gasteiger partial charge in [0.25, 0.3) is 0 Å². The van der Waals surface area contributed by atoms with Crippen molar-refractivity contribution in [3.8, 4) is 0 Å². The van der Waals surface area contributed by atoms with E-state index in [2.05, 4.69) is 15.6 Å². The van der Waals surface area contributed by atoms with Gasteiger partial charge in [0.15, 0.2) is 5.69 Å². The van der Waals surface area contributed by atoms with Crippen LogP contribution in [0.15, 0.2) is 5.38 Å². The Bertz CT molecular complexity index is 463. The van der Waals surface area contributed by atoms with E-state index in [9.17, 15) is 9.59 Å². The normalized spacial score (nSPS) is 13.6. The van der Waals surface area contributed by atoms with Gasteiger partial charge in [0.2, 0.25) is 0 Å². The number of nitrogens with one attached hydrogen (secondary N) is 2. The topological polar surface area (TPSA) is 101 Å². The Labute approximate surface area is 121 Å². The second kappa shape index (κ2) is 7.81. The number of carbonyl (C=O) groups is 2. The molecule has 20 heavy (non-hydrogen) atoms. The molecule has 0 aromatic carbocycles. The van der Waals surface area contributed by atoms with Gasteiger partial charge in [-0.25, -0.2) is 14.6 Å². The molecule has 1 aromatic heterocycles. The molecule has 0 aliphatic rings. The van der Waals surface area contributed by atoms with Gasteiger partial charge < -0.3 is 20.5 Å². The third kappa shape index (κ3) is 5.14. The van der Waals surface area contributed by atoms with Gasteiger partial charge in [0.05, 0.1) is 6.04 Å². The van der Waals surface area contributed by atoms with Crippen molar-refractivity contribution >= 4 is 23.3 Å². The lowest BCUT2D eigenvalue weighted by molar-refractivity contribution is 0.0691. The first-order valence-electron chi connectivity index (χ1n) is 6.18. The SMILES string of the molecule is COCCC(C)NC(=O)NC(C)c1nc(C(=O)O)cs1. The Morgan fingerprint density at radius 2 is 2.15 bits per heavy atom. The molecule has 3 N–H and O–H groups in total. The zero-order valence-corrected chi connectivity index (χ0v) is 12.5. The number of thiazole rings is 1. The summed E-state index contributed by atoms with van der Waals surface area (Å²) in [5.74, 6) is -1.07. The lowest BCUT2D eigenvalue weighted by Crippen LogP contribution is -2.42. The van der Waals surface area contributed by atoms with Crippen molar-refractivity contribution in [1.82, 2.24) is 15.6 Å². The summed E-state index contributed by atoms with van der Waals surface area (Å²) in [5.41, 5.74) is -0.00693. The fraction of sp³-hybridized carbons (Fsp3) is 0.583. The number of hydrogen-bond donors (Lipinski definition) is 3. The molecule has 0 bridgehead atoms. The van der Waals surface area contributed by atoms with E-state index in [1.54, 1.807) is 14.0 Å². The third-order valence-corrected chi connectivity index (χ3v) is 3.62. The lowest BCUT2D eigenvalue weighted by Gasteiger charge is -2.16. The van der Waals surface area contributed by atoms with Crippen molar-refractivity contribution in [3.63, 3.8) is 0 Å². The van der Waals surface area contributed by atoms with Crippen LogP contribution in [0, 0.1) is 0 Å². The van der Waals surface area contributed by atoms with E-state index in [0.717, 1.165) is 6.42 Å². The van der Waals surface area contributed by atoms with Crippen LogP contribution >= 0.6 is 11.3 Å². The number of carbonyl (C=O) groups excluding carboxylic acids is 1. The van der Waals surface area contributed by atoms with Gasteiger partial charge in [-0.05, 0) is 20.3 Å². The smallest absolute Gasteiger partial charge is 0.355 e. The molecule has 0 radical (unpaired) electrons. The average Bonchev–Trinajstić information content (AvgIpc) is 2.85. The van der Waals surface area contributed by atoms with Gasteiger partial charge >= 0.3 is 12.0 Å². The molecule has 1 heterocycles. The molecule has 0 aliphatic heterocycles. The number of hydrogen-bond acceptors (Lipinski definition) is 5. The van der Waals surface area contributed by atoms with E-state index in [-0.39, 0.29) is 23.8 Å². The Kier molecular flexibility index (Phi) is 6.40. The van der Waals surface area contributed by atoms with Crippen LogP contribution in [0.4, 0.5) is 4.79 Å². The number of urea groups is 1. The van der Waals surface area contributed by atoms with Gasteiger partial charge in [-0.1, -0.05) is 0 Å². The van der Waals surface area contributed by atoms with Crippen LogP contribution in [0.2, 0.25) is 0 Å². The summed E-state index contributed by atoms with van der Waals surface area (Å²) < 4.78 is 4.93. The van der Waals surface area contributed by atoms with Crippen molar-refractivity contribution in [2.24, 2.45) is 0 Å². The summed E-state index contributed by atoms with van der Waals surface area (Å²) >= 11 is 1.21. The van der Waals surface area contributed by atoms with Crippen molar-refractivity contribution in [1.29, 1.82) is 0 Å². The molecular formula is C12H19N3O4S. The molecule has 0 fully saturated rings. The predicted molar refractivity (Wildman–Crippen MR) is 75.1 cm³/mol. The summed E-state index contributed by atoms with van der Waals surface area (Å²) in [5, 5.41) is 16.3. The zero-order valence-electron chi connectivity index (χ0n) is 11.7. The van der Waals surface area contributed by atoms with E-state index < -0.39 is 5.97 Å². The number of ether oxygens (including phenoxy) is 1. The standard InChI is InChI=1S/C12H19N3O4S/c1-7(4-5-19-3)13-12(18)14-8(2)10-15-9(6-20-10)11(16)17/h6-8H,4-5H2,1-3H3,(H,16,17)(H2,13,14,18). The lowest BCUT2D eigenvalue weighted by atomic mass is 10.2. The molecule has 2 atom stereocenters. The van der Waals surface area contributed by atoms with Crippen molar-refractivity contribution < 1.29 is 19.4 Å². The van der Waals surface area contributed by atoms with Gasteiger partial charge in [0.1, 0.15) is 5.01 Å². The largest absolute Gasteiger partial charge is 0.476 e. The fourth-order valence-corrected chi connectivity index (χ4v) is 2.28. The van der Waals surface area contributed by atoms with Crippen LogP contribution < -0.4 is 10.6 Å². The number of carboxylic acid groups (broad SMARTS) is 1. The fourth-order valence-electron chi connectivity index (χ4n) is 1.48. The average molecular weight is 301 g/mol. The number of amides is 2. The molecule has 0 saturated carbocycles. The van der Waals surface area contributed by atoms with E-state index in [1.807, 2.05) is 6.92 Å². The Hall–Kier alpha value is -1.67. The molecule has 0 spiro atoms. The molecular weight excluding hydrogens is 282 g/mol. The maximum Gasteiger partial charge on any atom is 0.355 e. The van der Waals surface area contributed by atoms with Crippen molar-refractivity contribution in [2.45, 2.75) is 32.4 Å². The van der Waals surface area contributed by atoms with Crippen LogP contribution in [0.5, 0.6) is 0 Å². The first-order chi connectivity index (χ1) is 9.43. The van der Waals surface area contributed by atoms with E-state index >= 15 is 0 Å². The molecule has 1 aromatic rings. The van der Waals surface area contributed by atoms with Crippen LogP contribution in [-0.2, 0) is 4.74 Å². The minimum atomic E-state index is -1.07. The molecule has 0 saturated heterocycles. The minimum absolute atomic E-state index is 0.00646. The molecule has 7 nitrogen and oxygen atoms in total. The third-order valence-electron chi connectivity index (χ3n) is 2.59. The number of aromatic carboxylic acids is 1. The molecule has 1 rings (SSSR count). The first-order valence-corrected chi connectivity index (χ1v) is 7.06. The van der Waals surface area contributed by atoms with Crippen LogP contribution in [-0.4, -0.2) is 41.8 Å². The maximum atomic E-state index is 11.7. The monoisotopic (exact) mass is 301 g/mol. The summed E-state index contributed by atoms with van der Waals surface area (Å²) in [7, 11) is 1.61. The Morgan fingerprint density at radius 1 is 1.45 bits per heavy atom. The number of aromatic nitrogens is 1. The quantitative estimate of drug-likeness (QED) is 0.710. The molecule has 2 unspecified atom stereocenters. The zero-order chi connectivity index (χ0) is 15.1. The van der Waals surface area contributed by atoms with E-state index in [4.69, 9.17) is 9.84 Å². The highest BCUT2D eigenvalue weighted by molar-refractivity contribution is 7.09. The second-order valence-electron chi connectivity index (χ2n) is 4.40. The Morgan fingerprint density at radius 3 is 2.70 bits per heavy atom. The first kappa shape index (κ1) is 16.4. The van der Waals surface area contributed by atoms with E-state index in [1.165, 1.54) is 16.7 Å². The minimum Gasteiger partial charge on any atom is -0.476 e. The molecule has 8 heteroatoms. The predicted octanol–water partition coefficient (Wildman–Crippen LogP) is 1.63. The summed E-state index contributed by atoms with van der Waals surface area (Å²) in [6.45, 7) is 4.21. The highest BCUT2D eigenvalue weighted by Gasteiger charge is 2.16. The van der Waals surface area contributed by atoms with Gasteiger partial charge in [-0.3, -0.25) is 0 Å². The molecule has 0 aliphatic carbocycles. The van der Waals surface area contributed by atoms with Crippen LogP contribution in [0.25, 0.3) is 0 Å². The van der Waals surface area contributed by atoms with E-state index in [0.29, 0.717) is 11.6 Å². The highest BCUT2D eigenvalue weighted by atomic mass is 32.1. The number of rotatable bonds is 7. The molecule has 112 valence electrons.